The minimum absolute atomic E-state index is 0.433. The zero-order valence-corrected chi connectivity index (χ0v) is 16.5. The third-order valence-electron chi connectivity index (χ3n) is 3.87. The Morgan fingerprint density at radius 2 is 2.07 bits per heavy atom. The van der Waals surface area contributed by atoms with Crippen LogP contribution in [-0.2, 0) is 12.3 Å². The number of nitrogens with two attached hydrogens (primary N) is 1. The number of amidine groups is 1. The number of hydrogen-bond acceptors (Lipinski definition) is 5. The molecule has 0 spiro atoms. The molecule has 1 aromatic heterocycles. The molecule has 144 valence electrons. The van der Waals surface area contributed by atoms with Gasteiger partial charge in [-0.2, -0.15) is 10.2 Å². The van der Waals surface area contributed by atoms with Gasteiger partial charge in [0.05, 0.1) is 19.4 Å². The third-order valence-corrected chi connectivity index (χ3v) is 4.72. The largest absolute Gasteiger partial charge is 0.494 e. The number of rotatable bonds is 8. The second kappa shape index (κ2) is 10.3. The van der Waals surface area contributed by atoms with Gasteiger partial charge in [0, 0.05) is 23.7 Å². The Morgan fingerprint density at radius 3 is 2.82 bits per heavy atom. The smallest absolute Gasteiger partial charge is 0.180 e. The van der Waals surface area contributed by atoms with E-state index in [1.807, 2.05) is 60.3 Å². The van der Waals surface area contributed by atoms with E-state index in [4.69, 9.17) is 10.5 Å². The normalized spacial score (nSPS) is 11.8. The van der Waals surface area contributed by atoms with E-state index in [1.54, 1.807) is 12.4 Å². The van der Waals surface area contributed by atoms with E-state index in [1.165, 1.54) is 17.3 Å². The molecule has 0 atom stereocenters. The fourth-order valence-corrected chi connectivity index (χ4v) is 3.19. The summed E-state index contributed by atoms with van der Waals surface area (Å²) >= 11 is 1.46. The van der Waals surface area contributed by atoms with E-state index in [-0.39, 0.29) is 0 Å². The first-order valence-electron chi connectivity index (χ1n) is 9.01. The van der Waals surface area contributed by atoms with E-state index >= 15 is 0 Å². The molecule has 0 aliphatic rings. The Balaban J connectivity index is 1.65. The molecule has 28 heavy (non-hydrogen) atoms. The van der Waals surface area contributed by atoms with Crippen LogP contribution in [0.15, 0.2) is 77.2 Å². The van der Waals surface area contributed by atoms with Crippen molar-refractivity contribution >= 4 is 23.1 Å². The van der Waals surface area contributed by atoms with Gasteiger partial charge in [0.15, 0.2) is 5.17 Å². The highest BCUT2D eigenvalue weighted by molar-refractivity contribution is 8.13. The van der Waals surface area contributed by atoms with Gasteiger partial charge in [0.25, 0.3) is 0 Å². The molecule has 2 N–H and O–H groups in total. The first-order valence-corrected chi connectivity index (χ1v) is 9.99. The van der Waals surface area contributed by atoms with Gasteiger partial charge >= 0.3 is 0 Å². The number of thioether (sulfide) groups is 1. The number of hydrogen-bond donors (Lipinski definition) is 1. The fraction of sp³-hybridized carbons (Fsp3) is 0.190. The molecule has 1 heterocycles. The first-order chi connectivity index (χ1) is 13.7. The average molecular weight is 394 g/mol. The highest BCUT2D eigenvalue weighted by Crippen LogP contribution is 2.21. The molecule has 7 heteroatoms. The Kier molecular flexibility index (Phi) is 7.26. The quantitative estimate of drug-likeness (QED) is 0.357. The molecule has 0 aliphatic carbocycles. The molecule has 2 aromatic carbocycles. The monoisotopic (exact) mass is 393 g/mol. The number of benzene rings is 2. The fourth-order valence-electron chi connectivity index (χ4n) is 2.58. The summed E-state index contributed by atoms with van der Waals surface area (Å²) in [5.41, 5.74) is 9.09. The molecule has 0 amide bonds. The summed E-state index contributed by atoms with van der Waals surface area (Å²) in [6.07, 6.45) is 5.37. The average Bonchev–Trinajstić information content (AvgIpc) is 3.22. The van der Waals surface area contributed by atoms with Gasteiger partial charge in [-0.1, -0.05) is 42.1 Å². The lowest BCUT2D eigenvalue weighted by Gasteiger charge is -2.11. The van der Waals surface area contributed by atoms with Crippen LogP contribution in [0.5, 0.6) is 5.75 Å². The molecule has 0 bridgehead atoms. The molecular formula is C21H23N5OS. The van der Waals surface area contributed by atoms with Crippen LogP contribution in [0, 0.1) is 0 Å². The van der Waals surface area contributed by atoms with Crippen LogP contribution in [0.25, 0.3) is 0 Å². The lowest BCUT2D eigenvalue weighted by Crippen LogP contribution is -2.06. The first kappa shape index (κ1) is 19.7. The summed E-state index contributed by atoms with van der Waals surface area (Å²) < 4.78 is 7.58. The summed E-state index contributed by atoms with van der Waals surface area (Å²) in [7, 11) is 0. The van der Waals surface area contributed by atoms with Gasteiger partial charge in [0.1, 0.15) is 5.75 Å². The second-order valence-electron chi connectivity index (χ2n) is 5.96. The van der Waals surface area contributed by atoms with Crippen molar-refractivity contribution in [1.82, 2.24) is 9.78 Å². The van der Waals surface area contributed by atoms with Gasteiger partial charge in [-0.25, -0.2) is 0 Å². The molecule has 0 radical (unpaired) electrons. The van der Waals surface area contributed by atoms with E-state index < -0.39 is 0 Å². The van der Waals surface area contributed by atoms with Crippen LogP contribution in [0.4, 0.5) is 0 Å². The van der Waals surface area contributed by atoms with Crippen molar-refractivity contribution in [2.24, 2.45) is 15.9 Å². The maximum absolute atomic E-state index is 5.94. The highest BCUT2D eigenvalue weighted by atomic mass is 32.2. The Morgan fingerprint density at radius 1 is 1.21 bits per heavy atom. The minimum Gasteiger partial charge on any atom is -0.494 e. The SMILES string of the molecule is CCOc1ccc(C=NN=C(N)SCc2ccccc2)cc1Cn1cccn1. The van der Waals surface area contributed by atoms with Gasteiger partial charge in [-0.05, 0) is 42.3 Å². The molecule has 0 saturated heterocycles. The van der Waals surface area contributed by atoms with E-state index in [0.717, 1.165) is 22.6 Å². The third kappa shape index (κ3) is 5.99. The molecule has 0 fully saturated rings. The van der Waals surface area contributed by atoms with Crippen molar-refractivity contribution in [2.45, 2.75) is 19.2 Å². The highest BCUT2D eigenvalue weighted by Gasteiger charge is 2.06. The van der Waals surface area contributed by atoms with E-state index in [2.05, 4.69) is 27.4 Å². The molecule has 0 unspecified atom stereocenters. The molecule has 0 aliphatic heterocycles. The zero-order chi connectivity index (χ0) is 19.6. The van der Waals surface area contributed by atoms with Crippen molar-refractivity contribution in [1.29, 1.82) is 0 Å². The summed E-state index contributed by atoms with van der Waals surface area (Å²) in [5, 5.41) is 12.9. The second-order valence-corrected chi connectivity index (χ2v) is 6.96. The van der Waals surface area contributed by atoms with E-state index in [9.17, 15) is 0 Å². The Bertz CT molecular complexity index is 923. The molecular weight excluding hydrogens is 370 g/mol. The van der Waals surface area contributed by atoms with Crippen LogP contribution >= 0.6 is 11.8 Å². The predicted molar refractivity (Wildman–Crippen MR) is 116 cm³/mol. The Hall–Kier alpha value is -3.06. The summed E-state index contributed by atoms with van der Waals surface area (Å²) in [6.45, 7) is 3.21. The van der Waals surface area contributed by atoms with Crippen molar-refractivity contribution in [3.8, 4) is 5.75 Å². The summed E-state index contributed by atoms with van der Waals surface area (Å²) in [5.74, 6) is 1.61. The minimum atomic E-state index is 0.433. The lowest BCUT2D eigenvalue weighted by atomic mass is 10.1. The number of nitrogens with zero attached hydrogens (tertiary/aromatic N) is 4. The Labute approximate surface area is 169 Å². The molecule has 3 rings (SSSR count). The van der Waals surface area contributed by atoms with Gasteiger partial charge < -0.3 is 10.5 Å². The summed E-state index contributed by atoms with van der Waals surface area (Å²) in [4.78, 5) is 0. The standard InChI is InChI=1S/C21H23N5OS/c1-2-27-20-10-9-18(13-19(20)15-26-12-6-11-24-26)14-23-25-21(22)28-16-17-7-4-3-5-8-17/h3-14H,2,15-16H2,1H3,(H2,22,25). The molecule has 6 nitrogen and oxygen atoms in total. The molecule has 3 aromatic rings. The van der Waals surface area contributed by atoms with Gasteiger partial charge in [0.2, 0.25) is 0 Å². The van der Waals surface area contributed by atoms with Crippen LogP contribution in [0.2, 0.25) is 0 Å². The van der Waals surface area contributed by atoms with Crippen molar-refractivity contribution < 1.29 is 4.74 Å². The zero-order valence-electron chi connectivity index (χ0n) is 15.7. The van der Waals surface area contributed by atoms with Gasteiger partial charge in [-0.3, -0.25) is 4.68 Å². The maximum atomic E-state index is 5.94. The number of ether oxygens (including phenoxy) is 1. The van der Waals surface area contributed by atoms with Gasteiger partial charge in [-0.15, -0.1) is 5.10 Å². The lowest BCUT2D eigenvalue weighted by molar-refractivity contribution is 0.335. The van der Waals surface area contributed by atoms with Crippen LogP contribution in [0.1, 0.15) is 23.6 Å². The van der Waals surface area contributed by atoms with Crippen molar-refractivity contribution in [2.75, 3.05) is 6.61 Å². The van der Waals surface area contributed by atoms with Crippen molar-refractivity contribution in [3.05, 3.63) is 83.7 Å². The maximum Gasteiger partial charge on any atom is 0.180 e. The topological polar surface area (TPSA) is 77.8 Å². The predicted octanol–water partition coefficient (Wildman–Crippen LogP) is 3.91. The van der Waals surface area contributed by atoms with Crippen molar-refractivity contribution in [3.63, 3.8) is 0 Å². The van der Waals surface area contributed by atoms with Crippen LogP contribution < -0.4 is 10.5 Å². The van der Waals surface area contributed by atoms with E-state index in [0.29, 0.717) is 18.3 Å². The number of aromatic nitrogens is 2. The molecule has 0 saturated carbocycles. The van der Waals surface area contributed by atoms with Crippen LogP contribution in [0.3, 0.4) is 0 Å². The summed E-state index contributed by atoms with van der Waals surface area (Å²) in [6, 6.07) is 17.9. The van der Waals surface area contributed by atoms with Crippen LogP contribution in [-0.4, -0.2) is 27.8 Å².